The van der Waals surface area contributed by atoms with Crippen LogP contribution >= 0.6 is 0 Å². The van der Waals surface area contributed by atoms with Crippen LogP contribution in [0.15, 0.2) is 70.1 Å². The fourth-order valence-corrected chi connectivity index (χ4v) is 3.82. The van der Waals surface area contributed by atoms with Gasteiger partial charge in [0.05, 0.1) is 5.52 Å². The molecule has 6 nitrogen and oxygen atoms in total. The van der Waals surface area contributed by atoms with Crippen molar-refractivity contribution in [1.29, 1.82) is 5.41 Å². The molecule has 3 N–H and O–H groups in total. The molecule has 1 aromatic heterocycles. The molecule has 2 aliphatic carbocycles. The van der Waals surface area contributed by atoms with E-state index in [0.29, 0.717) is 5.56 Å². The Morgan fingerprint density at radius 2 is 2.14 bits per heavy atom. The van der Waals surface area contributed by atoms with E-state index >= 15 is 0 Å². The molecule has 0 saturated carbocycles. The lowest BCUT2D eigenvalue weighted by Gasteiger charge is -2.14. The summed E-state index contributed by atoms with van der Waals surface area (Å²) in [5, 5.41) is 15.7. The summed E-state index contributed by atoms with van der Waals surface area (Å²) in [5.74, 6) is 5.07. The Labute approximate surface area is 162 Å². The highest BCUT2D eigenvalue weighted by molar-refractivity contribution is 6.09. The molecule has 4 rings (SSSR count). The van der Waals surface area contributed by atoms with E-state index in [2.05, 4.69) is 22.5 Å². The molecule has 0 amide bonds. The lowest BCUT2D eigenvalue weighted by Crippen LogP contribution is -2.17. The van der Waals surface area contributed by atoms with Crippen molar-refractivity contribution in [3.8, 4) is 0 Å². The zero-order valence-electron chi connectivity index (χ0n) is 15.6. The van der Waals surface area contributed by atoms with E-state index in [4.69, 9.17) is 11.3 Å². The highest BCUT2D eigenvalue weighted by Gasteiger charge is 2.24. The molecule has 28 heavy (non-hydrogen) atoms. The maximum absolute atomic E-state index is 13.5. The second-order valence-electron chi connectivity index (χ2n) is 6.87. The van der Waals surface area contributed by atoms with Gasteiger partial charge < -0.3 is 5.84 Å². The van der Waals surface area contributed by atoms with Crippen LogP contribution in [0.3, 0.4) is 0 Å². The van der Waals surface area contributed by atoms with Crippen molar-refractivity contribution in [2.24, 2.45) is 16.2 Å². The van der Waals surface area contributed by atoms with E-state index in [1.165, 1.54) is 0 Å². The van der Waals surface area contributed by atoms with Crippen molar-refractivity contribution in [3.63, 3.8) is 0 Å². The van der Waals surface area contributed by atoms with Gasteiger partial charge in [-0.25, -0.2) is 0 Å². The molecule has 1 aromatic carbocycles. The van der Waals surface area contributed by atoms with Gasteiger partial charge >= 0.3 is 0 Å². The highest BCUT2D eigenvalue weighted by atomic mass is 16.2. The first-order valence-electron chi connectivity index (χ1n) is 9.24. The van der Waals surface area contributed by atoms with Crippen molar-refractivity contribution in [3.05, 3.63) is 76.5 Å². The molecule has 0 bridgehead atoms. The molecular weight excluding hydrogens is 350 g/mol. The Bertz CT molecular complexity index is 1140. The standard InChI is InChI=1S/C22H21N5O/c1-14-7-3-2-4-8-16(14)22(28)27-19-10-6-5-9-17(19)18-13-15(11-12-20(18)27)21(23)25-26-24/h2-3,5,7-9,11-13H,4,6,10H2,1H3,(H3,23,24,25). The van der Waals surface area contributed by atoms with Crippen molar-refractivity contribution in [2.75, 3.05) is 0 Å². The highest BCUT2D eigenvalue weighted by Crippen LogP contribution is 2.33. The fourth-order valence-electron chi connectivity index (χ4n) is 3.82. The van der Waals surface area contributed by atoms with Crippen molar-refractivity contribution in [2.45, 2.75) is 26.2 Å². The van der Waals surface area contributed by atoms with Crippen LogP contribution in [0.4, 0.5) is 0 Å². The maximum atomic E-state index is 13.5. The first-order valence-corrected chi connectivity index (χ1v) is 9.24. The number of carbonyl (C=O) groups excluding carboxylic acids is 1. The SMILES string of the molecule is CC1=CC=CCC=C1C(=O)n1c2c(c3cc(C(=N)N=NN)ccc31)C=CCC2. The molecule has 140 valence electrons. The predicted octanol–water partition coefficient (Wildman–Crippen LogP) is 4.72. The summed E-state index contributed by atoms with van der Waals surface area (Å²) in [5.41, 5.74) is 5.19. The van der Waals surface area contributed by atoms with E-state index in [1.54, 1.807) is 6.07 Å². The third-order valence-corrected chi connectivity index (χ3v) is 5.17. The minimum absolute atomic E-state index is 0.00616. The van der Waals surface area contributed by atoms with Crippen LogP contribution in [0.1, 0.15) is 41.4 Å². The Morgan fingerprint density at radius 1 is 1.29 bits per heavy atom. The van der Waals surface area contributed by atoms with E-state index in [-0.39, 0.29) is 11.7 Å². The van der Waals surface area contributed by atoms with Gasteiger partial charge in [0.15, 0.2) is 5.84 Å². The number of aromatic nitrogens is 1. The average Bonchev–Trinajstić information content (AvgIpc) is 2.87. The third kappa shape index (κ3) is 2.93. The largest absolute Gasteiger partial charge is 0.305 e. The van der Waals surface area contributed by atoms with Crippen LogP contribution in [0.5, 0.6) is 0 Å². The molecule has 0 spiro atoms. The van der Waals surface area contributed by atoms with E-state index in [0.717, 1.165) is 52.6 Å². The summed E-state index contributed by atoms with van der Waals surface area (Å²) in [7, 11) is 0. The molecular formula is C22H21N5O. The summed E-state index contributed by atoms with van der Waals surface area (Å²) in [6.45, 7) is 1.97. The predicted molar refractivity (Wildman–Crippen MR) is 111 cm³/mol. The average molecular weight is 371 g/mol. The van der Waals surface area contributed by atoms with Crippen LogP contribution in [-0.4, -0.2) is 16.3 Å². The number of nitrogens with zero attached hydrogens (tertiary/aromatic N) is 3. The van der Waals surface area contributed by atoms with Crippen LogP contribution in [-0.2, 0) is 6.42 Å². The van der Waals surface area contributed by atoms with Gasteiger partial charge in [-0.1, -0.05) is 41.7 Å². The molecule has 0 unspecified atom stereocenters. The minimum Gasteiger partial charge on any atom is -0.305 e. The van der Waals surface area contributed by atoms with Gasteiger partial charge in [0.25, 0.3) is 5.91 Å². The number of hydrogen-bond donors (Lipinski definition) is 2. The number of nitrogens with two attached hydrogens (primary N) is 1. The van der Waals surface area contributed by atoms with Gasteiger partial charge in [-0.2, -0.15) is 0 Å². The monoisotopic (exact) mass is 371 g/mol. The van der Waals surface area contributed by atoms with E-state index < -0.39 is 0 Å². The van der Waals surface area contributed by atoms with E-state index in [1.807, 2.05) is 47.9 Å². The van der Waals surface area contributed by atoms with Gasteiger partial charge in [0, 0.05) is 27.8 Å². The molecule has 0 saturated heterocycles. The fraction of sp³-hybridized carbons (Fsp3) is 0.182. The Balaban J connectivity index is 1.92. The molecule has 0 radical (unpaired) electrons. The van der Waals surface area contributed by atoms with Gasteiger partial charge in [-0.05, 0) is 50.0 Å². The number of nitrogens with one attached hydrogen (secondary N) is 1. The lowest BCUT2D eigenvalue weighted by molar-refractivity contribution is 0.0959. The summed E-state index contributed by atoms with van der Waals surface area (Å²) < 4.78 is 1.83. The molecule has 2 aliphatic rings. The topological polar surface area (TPSA) is 96.6 Å². The Morgan fingerprint density at radius 3 is 2.96 bits per heavy atom. The third-order valence-electron chi connectivity index (χ3n) is 5.17. The first-order chi connectivity index (χ1) is 13.6. The van der Waals surface area contributed by atoms with Gasteiger partial charge in [0.2, 0.25) is 0 Å². The number of hydrogen-bond acceptors (Lipinski definition) is 3. The molecule has 1 heterocycles. The lowest BCUT2D eigenvalue weighted by atomic mass is 10.0. The zero-order valence-corrected chi connectivity index (χ0v) is 15.6. The second kappa shape index (κ2) is 7.23. The first kappa shape index (κ1) is 17.9. The second-order valence-corrected chi connectivity index (χ2v) is 6.87. The van der Waals surface area contributed by atoms with Crippen LogP contribution in [0, 0.1) is 5.41 Å². The molecule has 0 aliphatic heterocycles. The van der Waals surface area contributed by atoms with Gasteiger partial charge in [-0.15, -0.1) is 5.11 Å². The quantitative estimate of drug-likeness (QED) is 0.262. The van der Waals surface area contributed by atoms with E-state index in [9.17, 15) is 4.79 Å². The molecule has 0 fully saturated rings. The minimum atomic E-state index is -0.0107. The molecule has 6 heteroatoms. The number of amidine groups is 1. The summed E-state index contributed by atoms with van der Waals surface area (Å²) in [6, 6.07) is 5.55. The number of carbonyl (C=O) groups is 1. The molecule has 0 atom stereocenters. The Hall–Kier alpha value is -3.54. The van der Waals surface area contributed by atoms with Crippen molar-refractivity contribution >= 4 is 28.7 Å². The normalized spacial score (nSPS) is 16.0. The Kier molecular flexibility index (Phi) is 4.61. The molecule has 2 aromatic rings. The van der Waals surface area contributed by atoms with Crippen LogP contribution in [0.2, 0.25) is 0 Å². The van der Waals surface area contributed by atoms with Gasteiger partial charge in [0.1, 0.15) is 0 Å². The zero-order chi connectivity index (χ0) is 19.7. The van der Waals surface area contributed by atoms with Crippen LogP contribution < -0.4 is 5.84 Å². The van der Waals surface area contributed by atoms with Crippen LogP contribution in [0.25, 0.3) is 17.0 Å². The number of benzene rings is 1. The number of rotatable bonds is 2. The maximum Gasteiger partial charge on any atom is 0.262 e. The summed E-state index contributed by atoms with van der Waals surface area (Å²) >= 11 is 0. The van der Waals surface area contributed by atoms with Crippen molar-refractivity contribution in [1.82, 2.24) is 4.57 Å². The number of fused-ring (bicyclic) bond motifs is 3. The summed E-state index contributed by atoms with van der Waals surface area (Å²) in [6.07, 6.45) is 14.6. The summed E-state index contributed by atoms with van der Waals surface area (Å²) in [4.78, 5) is 13.5. The smallest absolute Gasteiger partial charge is 0.262 e. The van der Waals surface area contributed by atoms with Gasteiger partial charge in [-0.3, -0.25) is 14.8 Å². The van der Waals surface area contributed by atoms with Crippen molar-refractivity contribution < 1.29 is 4.79 Å². The number of allylic oxidation sites excluding steroid dienone is 7.